The molecule has 26 heavy (non-hydrogen) atoms. The van der Waals surface area contributed by atoms with Gasteiger partial charge >= 0.3 is 0 Å². The fraction of sp³-hybridized carbons (Fsp3) is 0.200. The first kappa shape index (κ1) is 17.0. The van der Waals surface area contributed by atoms with Gasteiger partial charge in [-0.2, -0.15) is 0 Å². The van der Waals surface area contributed by atoms with Crippen LogP contribution in [0.25, 0.3) is 0 Å². The van der Waals surface area contributed by atoms with Gasteiger partial charge in [-0.3, -0.25) is 9.59 Å². The van der Waals surface area contributed by atoms with Gasteiger partial charge in [0.2, 0.25) is 0 Å². The third kappa shape index (κ3) is 3.18. The Labute approximate surface area is 160 Å². The largest absolute Gasteiger partial charge is 0.331 e. The summed E-state index contributed by atoms with van der Waals surface area (Å²) in [7, 11) is 0. The monoisotopic (exact) mass is 382 g/mol. The smallest absolute Gasteiger partial charge is 0.265 e. The Morgan fingerprint density at radius 3 is 2.62 bits per heavy atom. The van der Waals surface area contributed by atoms with Crippen LogP contribution in [0.1, 0.15) is 43.4 Å². The zero-order valence-electron chi connectivity index (χ0n) is 14.3. The van der Waals surface area contributed by atoms with Crippen LogP contribution in [0.3, 0.4) is 0 Å². The molecule has 0 saturated heterocycles. The topological polar surface area (TPSA) is 49.4 Å². The molecule has 1 N–H and O–H groups in total. The van der Waals surface area contributed by atoms with Crippen LogP contribution in [-0.4, -0.2) is 23.3 Å². The average molecular weight is 383 g/mol. The molecule has 132 valence electrons. The van der Waals surface area contributed by atoms with E-state index >= 15 is 0 Å². The summed E-state index contributed by atoms with van der Waals surface area (Å²) in [6.07, 6.45) is 0.915. The van der Waals surface area contributed by atoms with Crippen molar-refractivity contribution in [2.24, 2.45) is 0 Å². The average Bonchev–Trinajstić information content (AvgIpc) is 3.34. The van der Waals surface area contributed by atoms with E-state index in [0.717, 1.165) is 13.0 Å². The summed E-state index contributed by atoms with van der Waals surface area (Å²) >= 11 is 3.17. The summed E-state index contributed by atoms with van der Waals surface area (Å²) in [6.45, 7) is 2.82. The molecule has 2 aromatic heterocycles. The Morgan fingerprint density at radius 2 is 1.88 bits per heavy atom. The number of nitrogens with zero attached hydrogens (tertiary/aromatic N) is 1. The van der Waals surface area contributed by atoms with Gasteiger partial charge in [0.25, 0.3) is 11.8 Å². The number of carbonyl (C=O) groups excluding carboxylic acids is 2. The number of benzene rings is 1. The van der Waals surface area contributed by atoms with Crippen molar-refractivity contribution in [2.45, 2.75) is 19.4 Å². The van der Waals surface area contributed by atoms with Crippen LogP contribution in [0.5, 0.6) is 0 Å². The maximum atomic E-state index is 12.9. The molecule has 0 spiro atoms. The van der Waals surface area contributed by atoms with E-state index < -0.39 is 0 Å². The molecular weight excluding hydrogens is 364 g/mol. The van der Waals surface area contributed by atoms with E-state index in [2.05, 4.69) is 23.7 Å². The van der Waals surface area contributed by atoms with Crippen molar-refractivity contribution < 1.29 is 9.59 Å². The molecule has 2 amide bonds. The van der Waals surface area contributed by atoms with Gasteiger partial charge in [0.15, 0.2) is 0 Å². The lowest BCUT2D eigenvalue weighted by molar-refractivity contribution is 0.0679. The lowest BCUT2D eigenvalue weighted by Gasteiger charge is -2.33. The summed E-state index contributed by atoms with van der Waals surface area (Å²) in [6, 6.07) is 13.0. The van der Waals surface area contributed by atoms with Crippen molar-refractivity contribution in [3.8, 4) is 0 Å². The van der Waals surface area contributed by atoms with Gasteiger partial charge in [0, 0.05) is 22.7 Å². The van der Waals surface area contributed by atoms with Crippen LogP contribution in [0.15, 0.2) is 53.2 Å². The van der Waals surface area contributed by atoms with Crippen LogP contribution in [0, 0.1) is 0 Å². The van der Waals surface area contributed by atoms with E-state index in [1.54, 1.807) is 41.7 Å². The van der Waals surface area contributed by atoms with Crippen molar-refractivity contribution in [1.29, 1.82) is 0 Å². The first-order chi connectivity index (χ1) is 12.6. The van der Waals surface area contributed by atoms with Gasteiger partial charge in [-0.15, -0.1) is 22.7 Å². The number of hydrogen-bond donors (Lipinski definition) is 1. The maximum Gasteiger partial charge on any atom is 0.265 e. The van der Waals surface area contributed by atoms with Crippen molar-refractivity contribution in [3.63, 3.8) is 0 Å². The molecule has 0 saturated carbocycles. The molecule has 1 aliphatic rings. The maximum absolute atomic E-state index is 12.9. The van der Waals surface area contributed by atoms with Gasteiger partial charge < -0.3 is 10.2 Å². The minimum Gasteiger partial charge on any atom is -0.331 e. The normalized spacial score (nSPS) is 16.2. The highest BCUT2D eigenvalue weighted by molar-refractivity contribution is 7.12. The molecule has 1 aromatic carbocycles. The zero-order chi connectivity index (χ0) is 18.1. The second kappa shape index (κ2) is 7.05. The van der Waals surface area contributed by atoms with Crippen LogP contribution in [0.4, 0.5) is 5.69 Å². The highest BCUT2D eigenvalue weighted by atomic mass is 32.1. The fourth-order valence-electron chi connectivity index (χ4n) is 3.25. The number of carbonyl (C=O) groups is 2. The quantitative estimate of drug-likeness (QED) is 0.706. The molecule has 1 aliphatic heterocycles. The van der Waals surface area contributed by atoms with Crippen molar-refractivity contribution >= 4 is 40.2 Å². The molecule has 1 unspecified atom stereocenters. The van der Waals surface area contributed by atoms with Gasteiger partial charge in [0.05, 0.1) is 10.9 Å². The number of fused-ring (bicyclic) bond motifs is 1. The molecule has 3 aromatic rings. The predicted octanol–water partition coefficient (Wildman–Crippen LogP) is 4.82. The number of anilines is 1. The van der Waals surface area contributed by atoms with Crippen LogP contribution in [-0.2, 0) is 6.42 Å². The number of thiophene rings is 2. The third-order valence-electron chi connectivity index (χ3n) is 4.67. The highest BCUT2D eigenvalue weighted by Gasteiger charge is 2.28. The summed E-state index contributed by atoms with van der Waals surface area (Å²) in [5.41, 5.74) is 2.59. The summed E-state index contributed by atoms with van der Waals surface area (Å²) in [5.74, 6) is -0.0980. The highest BCUT2D eigenvalue weighted by Crippen LogP contribution is 2.33. The van der Waals surface area contributed by atoms with Crippen molar-refractivity contribution in [2.75, 3.05) is 11.9 Å². The van der Waals surface area contributed by atoms with Crippen LogP contribution >= 0.6 is 22.7 Å². The Bertz CT molecular complexity index is 929. The third-order valence-corrected chi connectivity index (χ3v) is 6.54. The number of amides is 2. The fourth-order valence-corrected chi connectivity index (χ4v) is 4.83. The van der Waals surface area contributed by atoms with Gasteiger partial charge in [-0.25, -0.2) is 0 Å². The number of rotatable bonds is 3. The Morgan fingerprint density at radius 1 is 1.08 bits per heavy atom. The van der Waals surface area contributed by atoms with E-state index in [1.165, 1.54) is 21.8 Å². The zero-order valence-corrected chi connectivity index (χ0v) is 15.9. The number of hydrogen-bond acceptors (Lipinski definition) is 4. The van der Waals surface area contributed by atoms with Gasteiger partial charge in [-0.05, 0) is 66.1 Å². The Hall–Kier alpha value is -2.44. The second-order valence-corrected chi connectivity index (χ2v) is 8.18. The second-order valence-electron chi connectivity index (χ2n) is 6.23. The molecule has 0 aliphatic carbocycles. The minimum absolute atomic E-state index is 0.0329. The molecule has 0 radical (unpaired) electrons. The van der Waals surface area contributed by atoms with Gasteiger partial charge in [0.1, 0.15) is 0 Å². The minimum atomic E-state index is -0.131. The SMILES string of the molecule is CC1c2ccsc2CCN1C(=O)c1ccc(NC(=O)c2cccs2)cc1. The lowest BCUT2D eigenvalue weighted by Crippen LogP contribution is -2.38. The van der Waals surface area contributed by atoms with Crippen molar-refractivity contribution in [1.82, 2.24) is 4.90 Å². The van der Waals surface area contributed by atoms with E-state index in [1.807, 2.05) is 16.3 Å². The van der Waals surface area contributed by atoms with Gasteiger partial charge in [-0.1, -0.05) is 6.07 Å². The molecule has 4 nitrogen and oxygen atoms in total. The van der Waals surface area contributed by atoms with E-state index in [-0.39, 0.29) is 17.9 Å². The van der Waals surface area contributed by atoms with E-state index in [4.69, 9.17) is 0 Å². The Kier molecular flexibility index (Phi) is 4.61. The first-order valence-electron chi connectivity index (χ1n) is 8.45. The van der Waals surface area contributed by atoms with E-state index in [9.17, 15) is 9.59 Å². The molecule has 0 fully saturated rings. The summed E-state index contributed by atoms with van der Waals surface area (Å²) < 4.78 is 0. The van der Waals surface area contributed by atoms with Crippen molar-refractivity contribution in [3.05, 3.63) is 74.1 Å². The molecule has 4 rings (SSSR count). The summed E-state index contributed by atoms with van der Waals surface area (Å²) in [4.78, 5) is 29.0. The Balaban J connectivity index is 1.47. The van der Waals surface area contributed by atoms with Crippen LogP contribution < -0.4 is 5.32 Å². The van der Waals surface area contributed by atoms with Crippen LogP contribution in [0.2, 0.25) is 0 Å². The lowest BCUT2D eigenvalue weighted by atomic mass is 10.0. The standard InChI is InChI=1S/C20H18N2O2S2/c1-13-16-9-12-26-17(16)8-10-22(13)20(24)14-4-6-15(7-5-14)21-19(23)18-3-2-11-25-18/h2-7,9,11-13H,8,10H2,1H3,(H,21,23). The molecule has 0 bridgehead atoms. The molecule has 1 atom stereocenters. The first-order valence-corrected chi connectivity index (χ1v) is 10.2. The molecular formula is C20H18N2O2S2. The predicted molar refractivity (Wildman–Crippen MR) is 106 cm³/mol. The molecule has 6 heteroatoms. The van der Waals surface area contributed by atoms with E-state index in [0.29, 0.717) is 16.1 Å². The number of nitrogens with one attached hydrogen (secondary N) is 1. The summed E-state index contributed by atoms with van der Waals surface area (Å²) in [5, 5.41) is 6.82. The molecule has 3 heterocycles.